The quantitative estimate of drug-likeness (QED) is 0.783. The Hall–Kier alpha value is -0.340. The van der Waals surface area contributed by atoms with Gasteiger partial charge in [0.1, 0.15) is 0 Å². The van der Waals surface area contributed by atoms with E-state index in [1.807, 2.05) is 0 Å². The van der Waals surface area contributed by atoms with E-state index >= 15 is 0 Å². The Bertz CT molecular complexity index is 347. The summed E-state index contributed by atoms with van der Waals surface area (Å²) in [5.41, 5.74) is 2.03. The van der Waals surface area contributed by atoms with E-state index in [1.54, 1.807) is 11.3 Å². The summed E-state index contributed by atoms with van der Waals surface area (Å²) in [6.45, 7) is 8.37. The Morgan fingerprint density at radius 3 is 2.58 bits per heavy atom. The molecule has 1 aliphatic rings. The summed E-state index contributed by atoms with van der Waals surface area (Å²) in [5.74, 6) is 0.937. The summed E-state index contributed by atoms with van der Waals surface area (Å²) in [4.78, 5) is 0. The van der Waals surface area contributed by atoms with Gasteiger partial charge in [0, 0.05) is 6.04 Å². The normalized spacial score (nSPS) is 24.6. The van der Waals surface area contributed by atoms with Crippen molar-refractivity contribution in [3.05, 3.63) is 22.4 Å². The topological polar surface area (TPSA) is 12.0 Å². The highest BCUT2D eigenvalue weighted by atomic mass is 32.1. The summed E-state index contributed by atoms with van der Waals surface area (Å²) in [6, 6.07) is 3.01. The van der Waals surface area contributed by atoms with Crippen LogP contribution in [-0.2, 0) is 6.42 Å². The zero-order valence-corrected chi connectivity index (χ0v) is 13.6. The molecule has 1 aliphatic carbocycles. The Morgan fingerprint density at radius 2 is 2.00 bits per heavy atom. The molecule has 0 aliphatic heterocycles. The predicted molar refractivity (Wildman–Crippen MR) is 85.8 cm³/mol. The van der Waals surface area contributed by atoms with Crippen molar-refractivity contribution in [2.24, 2.45) is 11.3 Å². The van der Waals surface area contributed by atoms with Gasteiger partial charge in [0.2, 0.25) is 0 Å². The Balaban J connectivity index is 1.66. The molecule has 1 fully saturated rings. The van der Waals surface area contributed by atoms with Crippen LogP contribution in [0.25, 0.3) is 0 Å². The van der Waals surface area contributed by atoms with Gasteiger partial charge in [-0.2, -0.15) is 11.3 Å². The molecule has 0 aromatic carbocycles. The van der Waals surface area contributed by atoms with Crippen molar-refractivity contribution < 1.29 is 0 Å². The van der Waals surface area contributed by atoms with Gasteiger partial charge in [-0.25, -0.2) is 0 Å². The van der Waals surface area contributed by atoms with E-state index in [1.165, 1.54) is 44.1 Å². The average Bonchev–Trinajstić information content (AvgIpc) is 2.92. The molecule has 0 saturated heterocycles. The maximum absolute atomic E-state index is 3.75. The molecule has 2 rings (SSSR count). The van der Waals surface area contributed by atoms with Crippen molar-refractivity contribution in [2.45, 2.75) is 65.3 Å². The Kier molecular flexibility index (Phi) is 5.47. The van der Waals surface area contributed by atoms with E-state index in [9.17, 15) is 0 Å². The van der Waals surface area contributed by atoms with Gasteiger partial charge in [-0.15, -0.1) is 0 Å². The second kappa shape index (κ2) is 6.90. The molecule has 0 unspecified atom stereocenters. The molecule has 1 heterocycles. The van der Waals surface area contributed by atoms with Crippen molar-refractivity contribution >= 4 is 11.3 Å². The molecule has 1 aromatic rings. The largest absolute Gasteiger partial charge is 0.314 e. The average molecular weight is 279 g/mol. The van der Waals surface area contributed by atoms with Crippen molar-refractivity contribution in [2.75, 3.05) is 6.54 Å². The summed E-state index contributed by atoms with van der Waals surface area (Å²) in [6.07, 6.45) is 8.07. The van der Waals surface area contributed by atoms with Crippen LogP contribution in [0, 0.1) is 11.3 Å². The van der Waals surface area contributed by atoms with E-state index in [2.05, 4.69) is 42.9 Å². The number of hydrogen-bond acceptors (Lipinski definition) is 2. The van der Waals surface area contributed by atoms with Crippen LogP contribution < -0.4 is 5.32 Å². The van der Waals surface area contributed by atoms with Crippen LogP contribution in [0.2, 0.25) is 0 Å². The number of thiophene rings is 1. The van der Waals surface area contributed by atoms with Gasteiger partial charge in [0.25, 0.3) is 0 Å². The number of nitrogens with one attached hydrogen (secondary N) is 1. The van der Waals surface area contributed by atoms with Gasteiger partial charge in [0.15, 0.2) is 0 Å². The molecule has 1 saturated carbocycles. The molecule has 1 N–H and O–H groups in total. The van der Waals surface area contributed by atoms with Crippen LogP contribution in [0.15, 0.2) is 16.8 Å². The fourth-order valence-corrected chi connectivity index (χ4v) is 3.93. The van der Waals surface area contributed by atoms with Crippen LogP contribution >= 0.6 is 11.3 Å². The van der Waals surface area contributed by atoms with Crippen molar-refractivity contribution in [3.8, 4) is 0 Å². The molecule has 0 radical (unpaired) electrons. The molecule has 2 heteroatoms. The minimum atomic E-state index is 0.543. The first kappa shape index (κ1) is 15.1. The zero-order chi connectivity index (χ0) is 13.7. The van der Waals surface area contributed by atoms with Gasteiger partial charge in [-0.05, 0) is 72.4 Å². The Morgan fingerprint density at radius 1 is 1.26 bits per heavy atom. The van der Waals surface area contributed by atoms with E-state index in [0.29, 0.717) is 5.41 Å². The third-order valence-corrected chi connectivity index (χ3v) is 5.90. The van der Waals surface area contributed by atoms with E-state index in [-0.39, 0.29) is 0 Å². The van der Waals surface area contributed by atoms with E-state index < -0.39 is 0 Å². The second-order valence-corrected chi connectivity index (χ2v) is 7.51. The fraction of sp³-hybridized carbons (Fsp3) is 0.765. The minimum absolute atomic E-state index is 0.543. The van der Waals surface area contributed by atoms with E-state index in [0.717, 1.165) is 18.5 Å². The van der Waals surface area contributed by atoms with Crippen molar-refractivity contribution in [1.82, 2.24) is 5.32 Å². The zero-order valence-electron chi connectivity index (χ0n) is 12.7. The molecule has 108 valence electrons. The third kappa shape index (κ3) is 4.32. The lowest BCUT2D eigenvalue weighted by Crippen LogP contribution is -2.37. The van der Waals surface area contributed by atoms with Gasteiger partial charge in [-0.1, -0.05) is 27.2 Å². The van der Waals surface area contributed by atoms with Crippen LogP contribution in [0.1, 0.15) is 58.4 Å². The molecule has 0 spiro atoms. The van der Waals surface area contributed by atoms with Crippen LogP contribution in [0.5, 0.6) is 0 Å². The van der Waals surface area contributed by atoms with Crippen LogP contribution in [0.3, 0.4) is 0 Å². The highest BCUT2D eigenvalue weighted by molar-refractivity contribution is 7.07. The lowest BCUT2D eigenvalue weighted by molar-refractivity contribution is 0.137. The first-order valence-corrected chi connectivity index (χ1v) is 8.80. The van der Waals surface area contributed by atoms with Gasteiger partial charge >= 0.3 is 0 Å². The SMILES string of the molecule is CCC(C)(C)C1CCC(NCCc2ccsc2)CC1. The monoisotopic (exact) mass is 279 g/mol. The number of rotatable bonds is 6. The van der Waals surface area contributed by atoms with Crippen molar-refractivity contribution in [1.29, 1.82) is 0 Å². The summed E-state index contributed by atoms with van der Waals surface area (Å²) in [7, 11) is 0. The Labute approximate surface area is 122 Å². The van der Waals surface area contributed by atoms with Gasteiger partial charge in [-0.3, -0.25) is 0 Å². The lowest BCUT2D eigenvalue weighted by atomic mass is 9.69. The lowest BCUT2D eigenvalue weighted by Gasteiger charge is -2.39. The van der Waals surface area contributed by atoms with Crippen LogP contribution in [0.4, 0.5) is 0 Å². The standard InChI is InChI=1S/C17H29NS/c1-4-17(2,3)15-5-7-16(8-6-15)18-11-9-14-10-12-19-13-14/h10,12-13,15-16,18H,4-9,11H2,1-3H3. The minimum Gasteiger partial charge on any atom is -0.314 e. The number of hydrogen-bond donors (Lipinski definition) is 1. The molecule has 19 heavy (non-hydrogen) atoms. The first-order valence-electron chi connectivity index (χ1n) is 7.86. The maximum Gasteiger partial charge on any atom is 0.00674 e. The molecule has 0 bridgehead atoms. The second-order valence-electron chi connectivity index (χ2n) is 6.73. The summed E-state index contributed by atoms with van der Waals surface area (Å²) in [5, 5.41) is 8.19. The summed E-state index contributed by atoms with van der Waals surface area (Å²) < 4.78 is 0. The molecule has 0 atom stereocenters. The molecule has 1 nitrogen and oxygen atoms in total. The smallest absolute Gasteiger partial charge is 0.00674 e. The van der Waals surface area contributed by atoms with Crippen LogP contribution in [-0.4, -0.2) is 12.6 Å². The fourth-order valence-electron chi connectivity index (χ4n) is 3.22. The predicted octanol–water partition coefficient (Wildman–Crippen LogP) is 4.88. The highest BCUT2D eigenvalue weighted by Gasteiger charge is 2.31. The third-order valence-electron chi connectivity index (χ3n) is 5.17. The van der Waals surface area contributed by atoms with Crippen molar-refractivity contribution in [3.63, 3.8) is 0 Å². The van der Waals surface area contributed by atoms with Gasteiger partial charge < -0.3 is 5.32 Å². The molecular weight excluding hydrogens is 250 g/mol. The molecule has 0 amide bonds. The summed E-state index contributed by atoms with van der Waals surface area (Å²) >= 11 is 1.80. The molecule has 1 aromatic heterocycles. The highest BCUT2D eigenvalue weighted by Crippen LogP contribution is 2.40. The van der Waals surface area contributed by atoms with Gasteiger partial charge in [0.05, 0.1) is 0 Å². The van der Waals surface area contributed by atoms with E-state index in [4.69, 9.17) is 0 Å². The maximum atomic E-state index is 3.75. The molecular formula is C17H29NS. The first-order chi connectivity index (χ1) is 9.12.